The van der Waals surface area contributed by atoms with Gasteiger partial charge in [-0.1, -0.05) is 35.4 Å². The first kappa shape index (κ1) is 16.6. The molecule has 0 saturated carbocycles. The van der Waals surface area contributed by atoms with Gasteiger partial charge in [0.05, 0.1) is 5.69 Å². The van der Waals surface area contributed by atoms with E-state index in [1.54, 1.807) is 16.8 Å². The van der Waals surface area contributed by atoms with Crippen molar-refractivity contribution < 1.29 is 9.84 Å². The van der Waals surface area contributed by atoms with Crippen LogP contribution in [0.2, 0.25) is 0 Å². The van der Waals surface area contributed by atoms with Crippen LogP contribution in [-0.4, -0.2) is 25.3 Å². The number of benzene rings is 3. The molecule has 1 heterocycles. The Bertz CT molecular complexity index is 1020. The average Bonchev–Trinajstić information content (AvgIpc) is 3.17. The van der Waals surface area contributed by atoms with Crippen LogP contribution in [-0.2, 0) is 6.54 Å². The lowest BCUT2D eigenvalue weighted by atomic mass is 10.2. The Morgan fingerprint density at radius 3 is 2.56 bits per heavy atom. The van der Waals surface area contributed by atoms with Gasteiger partial charge < -0.3 is 15.2 Å². The minimum Gasteiger partial charge on any atom is -0.508 e. The van der Waals surface area contributed by atoms with Gasteiger partial charge in [0, 0.05) is 12.2 Å². The largest absolute Gasteiger partial charge is 0.508 e. The van der Waals surface area contributed by atoms with Gasteiger partial charge in [-0.2, -0.15) is 4.68 Å². The van der Waals surface area contributed by atoms with Gasteiger partial charge in [-0.25, -0.2) is 0 Å². The quantitative estimate of drug-likeness (QED) is 0.510. The Balaban J connectivity index is 1.47. The third-order valence-corrected chi connectivity index (χ3v) is 3.91. The molecule has 0 aliphatic heterocycles. The van der Waals surface area contributed by atoms with Crippen molar-refractivity contribution in [2.45, 2.75) is 6.54 Å². The topological polar surface area (TPSA) is 85.1 Å². The third-order valence-electron chi connectivity index (χ3n) is 3.91. The standard InChI is InChI=1S/C20H17N5O2/c26-18-11-9-16(10-12-18)21-14-15-5-4-8-19(13-15)27-20-22-23-24-25(20)17-6-2-1-3-7-17/h1-13,21,26H,14H2. The zero-order chi connectivity index (χ0) is 18.5. The van der Waals surface area contributed by atoms with E-state index in [1.165, 1.54) is 0 Å². The predicted molar refractivity (Wildman–Crippen MR) is 101 cm³/mol. The van der Waals surface area contributed by atoms with Crippen LogP contribution in [0.4, 0.5) is 5.69 Å². The van der Waals surface area contributed by atoms with E-state index in [9.17, 15) is 5.11 Å². The number of hydrogen-bond donors (Lipinski definition) is 2. The summed E-state index contributed by atoms with van der Waals surface area (Å²) in [4.78, 5) is 0. The van der Waals surface area contributed by atoms with E-state index in [2.05, 4.69) is 20.8 Å². The number of phenols is 1. The molecule has 4 aromatic rings. The van der Waals surface area contributed by atoms with Crippen molar-refractivity contribution in [1.82, 2.24) is 20.2 Å². The maximum atomic E-state index is 9.34. The zero-order valence-electron chi connectivity index (χ0n) is 14.4. The zero-order valence-corrected chi connectivity index (χ0v) is 14.4. The van der Waals surface area contributed by atoms with Gasteiger partial charge in [-0.3, -0.25) is 0 Å². The second-order valence-corrected chi connectivity index (χ2v) is 5.86. The van der Waals surface area contributed by atoms with Gasteiger partial charge in [0.25, 0.3) is 0 Å². The Hall–Kier alpha value is -3.87. The Morgan fingerprint density at radius 2 is 1.74 bits per heavy atom. The van der Waals surface area contributed by atoms with Gasteiger partial charge in [-0.15, -0.1) is 0 Å². The smallest absolute Gasteiger partial charge is 0.345 e. The number of tetrazole rings is 1. The number of hydrogen-bond acceptors (Lipinski definition) is 6. The third kappa shape index (κ3) is 4.04. The van der Waals surface area contributed by atoms with Crippen LogP contribution in [0.1, 0.15) is 5.56 Å². The number of para-hydroxylation sites is 1. The molecule has 2 N–H and O–H groups in total. The van der Waals surface area contributed by atoms with Crippen molar-refractivity contribution in [2.75, 3.05) is 5.32 Å². The molecular weight excluding hydrogens is 342 g/mol. The molecule has 0 radical (unpaired) electrons. The van der Waals surface area contributed by atoms with Gasteiger partial charge in [-0.05, 0) is 64.5 Å². The van der Waals surface area contributed by atoms with Gasteiger partial charge in [0.2, 0.25) is 0 Å². The molecule has 0 atom stereocenters. The summed E-state index contributed by atoms with van der Waals surface area (Å²) >= 11 is 0. The average molecular weight is 359 g/mol. The minimum absolute atomic E-state index is 0.243. The summed E-state index contributed by atoms with van der Waals surface area (Å²) in [7, 11) is 0. The van der Waals surface area contributed by atoms with Crippen molar-refractivity contribution in [3.8, 4) is 23.2 Å². The number of anilines is 1. The van der Waals surface area contributed by atoms with E-state index < -0.39 is 0 Å². The van der Waals surface area contributed by atoms with Crippen LogP contribution in [0.25, 0.3) is 5.69 Å². The summed E-state index contributed by atoms with van der Waals surface area (Å²) in [6.45, 7) is 0.617. The first-order valence-corrected chi connectivity index (χ1v) is 8.41. The summed E-state index contributed by atoms with van der Waals surface area (Å²) in [6.07, 6.45) is 0. The highest BCUT2D eigenvalue weighted by Crippen LogP contribution is 2.22. The maximum Gasteiger partial charge on any atom is 0.345 e. The molecule has 27 heavy (non-hydrogen) atoms. The van der Waals surface area contributed by atoms with Crippen LogP contribution >= 0.6 is 0 Å². The van der Waals surface area contributed by atoms with E-state index in [-0.39, 0.29) is 5.75 Å². The fraction of sp³-hybridized carbons (Fsp3) is 0.0500. The second-order valence-electron chi connectivity index (χ2n) is 5.86. The van der Waals surface area contributed by atoms with Crippen molar-refractivity contribution in [3.63, 3.8) is 0 Å². The predicted octanol–water partition coefficient (Wildman–Crippen LogP) is 3.77. The number of ether oxygens (including phenoxy) is 1. The summed E-state index contributed by atoms with van der Waals surface area (Å²) in [5.74, 6) is 0.888. The fourth-order valence-corrected chi connectivity index (χ4v) is 2.58. The molecule has 0 fully saturated rings. The van der Waals surface area contributed by atoms with E-state index >= 15 is 0 Å². The van der Waals surface area contributed by atoms with E-state index in [1.807, 2.05) is 66.7 Å². The lowest BCUT2D eigenvalue weighted by Crippen LogP contribution is -2.01. The molecule has 0 saturated heterocycles. The number of aromatic nitrogens is 4. The molecule has 0 bridgehead atoms. The molecule has 0 spiro atoms. The van der Waals surface area contributed by atoms with Gasteiger partial charge in [0.1, 0.15) is 11.5 Å². The Morgan fingerprint density at radius 1 is 0.926 bits per heavy atom. The summed E-state index contributed by atoms with van der Waals surface area (Å²) in [6, 6.07) is 24.5. The Kier molecular flexibility index (Phi) is 4.65. The van der Waals surface area contributed by atoms with Crippen LogP contribution < -0.4 is 10.1 Å². The first-order chi connectivity index (χ1) is 13.3. The normalized spacial score (nSPS) is 10.5. The molecule has 7 heteroatoms. The summed E-state index contributed by atoms with van der Waals surface area (Å²) < 4.78 is 7.42. The van der Waals surface area contributed by atoms with Crippen molar-refractivity contribution >= 4 is 5.69 Å². The van der Waals surface area contributed by atoms with Crippen LogP contribution in [0.15, 0.2) is 78.9 Å². The molecule has 4 rings (SSSR count). The SMILES string of the molecule is Oc1ccc(NCc2cccc(Oc3nnnn3-c3ccccc3)c2)cc1. The molecule has 0 unspecified atom stereocenters. The lowest BCUT2D eigenvalue weighted by molar-refractivity contribution is 0.427. The number of phenolic OH excluding ortho intramolecular Hbond substituents is 1. The summed E-state index contributed by atoms with van der Waals surface area (Å²) in [5.41, 5.74) is 2.79. The second kappa shape index (κ2) is 7.57. The lowest BCUT2D eigenvalue weighted by Gasteiger charge is -2.09. The highest BCUT2D eigenvalue weighted by atomic mass is 16.5. The van der Waals surface area contributed by atoms with Crippen molar-refractivity contribution in [3.05, 3.63) is 84.4 Å². The first-order valence-electron chi connectivity index (χ1n) is 8.41. The molecule has 0 aliphatic carbocycles. The number of nitrogens with one attached hydrogen (secondary N) is 1. The number of rotatable bonds is 6. The molecule has 0 aliphatic rings. The molecular formula is C20H17N5O2. The highest BCUT2D eigenvalue weighted by Gasteiger charge is 2.10. The highest BCUT2D eigenvalue weighted by molar-refractivity contribution is 5.46. The minimum atomic E-state index is 0.243. The van der Waals surface area contributed by atoms with Crippen molar-refractivity contribution in [2.24, 2.45) is 0 Å². The van der Waals surface area contributed by atoms with Crippen LogP contribution in [0.5, 0.6) is 17.5 Å². The van der Waals surface area contributed by atoms with E-state index in [0.717, 1.165) is 16.9 Å². The fourth-order valence-electron chi connectivity index (χ4n) is 2.58. The molecule has 134 valence electrons. The maximum absolute atomic E-state index is 9.34. The van der Waals surface area contributed by atoms with E-state index in [0.29, 0.717) is 18.3 Å². The van der Waals surface area contributed by atoms with Gasteiger partial charge >= 0.3 is 6.01 Å². The molecule has 3 aromatic carbocycles. The van der Waals surface area contributed by atoms with E-state index in [4.69, 9.17) is 4.74 Å². The monoisotopic (exact) mass is 359 g/mol. The molecule has 0 amide bonds. The molecule has 7 nitrogen and oxygen atoms in total. The van der Waals surface area contributed by atoms with Crippen LogP contribution in [0.3, 0.4) is 0 Å². The van der Waals surface area contributed by atoms with Crippen molar-refractivity contribution in [1.29, 1.82) is 0 Å². The number of nitrogens with zero attached hydrogens (tertiary/aromatic N) is 4. The molecule has 1 aromatic heterocycles. The number of aromatic hydroxyl groups is 1. The van der Waals surface area contributed by atoms with Gasteiger partial charge in [0.15, 0.2) is 0 Å². The Labute approximate surface area is 155 Å². The summed E-state index contributed by atoms with van der Waals surface area (Å²) in [5, 5.41) is 24.3. The van der Waals surface area contributed by atoms with Crippen LogP contribution in [0, 0.1) is 0 Å².